The van der Waals surface area contributed by atoms with E-state index in [0.29, 0.717) is 6.54 Å². The van der Waals surface area contributed by atoms with Crippen molar-refractivity contribution >= 4 is 29.9 Å². The van der Waals surface area contributed by atoms with Gasteiger partial charge in [-0.15, -0.1) is 12.4 Å². The van der Waals surface area contributed by atoms with Gasteiger partial charge in [0.05, 0.1) is 10.6 Å². The Morgan fingerprint density at radius 1 is 1.41 bits per heavy atom. The molecule has 7 heteroatoms. The van der Waals surface area contributed by atoms with E-state index in [9.17, 15) is 13.6 Å². The van der Waals surface area contributed by atoms with Crippen LogP contribution < -0.4 is 10.6 Å². The highest BCUT2D eigenvalue weighted by Gasteiger charge is 2.32. The number of piperidine rings is 1. The normalized spacial score (nSPS) is 20.1. The van der Waals surface area contributed by atoms with Gasteiger partial charge in [0.1, 0.15) is 11.6 Å². The summed E-state index contributed by atoms with van der Waals surface area (Å²) in [7, 11) is 0. The standard InChI is InChI=1S/C15H19ClF2N2O.ClH/c1-15(2)4-3-5-19-13(15)8-20-14(21)9-6-12(18)10(16)7-11(9)17;/h6-7,13,19H,3-5,8H2,1-2H3,(H,20,21);1H. The van der Waals surface area contributed by atoms with Crippen LogP contribution in [0.3, 0.4) is 0 Å². The molecule has 0 aromatic heterocycles. The Morgan fingerprint density at radius 3 is 2.73 bits per heavy atom. The maximum Gasteiger partial charge on any atom is 0.254 e. The molecule has 1 atom stereocenters. The molecule has 0 spiro atoms. The fourth-order valence-electron chi connectivity index (χ4n) is 2.61. The number of carbonyl (C=O) groups excluding carboxylic acids is 1. The van der Waals surface area contributed by atoms with Crippen LogP contribution in [0.5, 0.6) is 0 Å². The summed E-state index contributed by atoms with van der Waals surface area (Å²) in [6, 6.07) is 1.75. The Kier molecular flexibility index (Phi) is 6.59. The van der Waals surface area contributed by atoms with E-state index in [1.807, 2.05) is 0 Å². The van der Waals surface area contributed by atoms with E-state index in [4.69, 9.17) is 11.6 Å². The highest BCUT2D eigenvalue weighted by Crippen LogP contribution is 2.29. The minimum atomic E-state index is -0.824. The van der Waals surface area contributed by atoms with Crippen molar-refractivity contribution in [2.24, 2.45) is 5.41 Å². The molecule has 22 heavy (non-hydrogen) atoms. The average Bonchev–Trinajstić information content (AvgIpc) is 2.41. The minimum Gasteiger partial charge on any atom is -0.350 e. The first kappa shape index (κ1) is 19.1. The molecule has 3 nitrogen and oxygen atoms in total. The molecule has 1 aliphatic heterocycles. The van der Waals surface area contributed by atoms with Crippen LogP contribution in [0.1, 0.15) is 37.0 Å². The van der Waals surface area contributed by atoms with Gasteiger partial charge in [-0.1, -0.05) is 25.4 Å². The Hall–Kier alpha value is -0.910. The van der Waals surface area contributed by atoms with Gasteiger partial charge in [-0.2, -0.15) is 0 Å². The van der Waals surface area contributed by atoms with Crippen molar-refractivity contribution in [3.05, 3.63) is 34.4 Å². The molecule has 2 rings (SSSR count). The number of halogens is 4. The van der Waals surface area contributed by atoms with Crippen molar-refractivity contribution in [1.82, 2.24) is 10.6 Å². The molecule has 0 aliphatic carbocycles. The van der Waals surface area contributed by atoms with Gasteiger partial charge in [0.25, 0.3) is 5.91 Å². The third kappa shape index (κ3) is 4.31. The van der Waals surface area contributed by atoms with Gasteiger partial charge >= 0.3 is 0 Å². The van der Waals surface area contributed by atoms with E-state index in [0.717, 1.165) is 31.5 Å². The molecule has 0 saturated carbocycles. The van der Waals surface area contributed by atoms with Crippen molar-refractivity contribution in [1.29, 1.82) is 0 Å². The highest BCUT2D eigenvalue weighted by molar-refractivity contribution is 6.30. The van der Waals surface area contributed by atoms with Gasteiger partial charge in [0.15, 0.2) is 0 Å². The molecule has 1 heterocycles. The Bertz CT molecular complexity index is 553. The Morgan fingerprint density at radius 2 is 2.09 bits per heavy atom. The maximum atomic E-state index is 13.7. The lowest BCUT2D eigenvalue weighted by atomic mass is 9.77. The molecule has 1 saturated heterocycles. The fourth-order valence-corrected chi connectivity index (χ4v) is 2.76. The van der Waals surface area contributed by atoms with E-state index in [1.54, 1.807) is 0 Å². The smallest absolute Gasteiger partial charge is 0.254 e. The van der Waals surface area contributed by atoms with Gasteiger partial charge in [0, 0.05) is 12.6 Å². The van der Waals surface area contributed by atoms with Crippen molar-refractivity contribution < 1.29 is 13.6 Å². The fraction of sp³-hybridized carbons (Fsp3) is 0.533. The largest absolute Gasteiger partial charge is 0.350 e. The van der Waals surface area contributed by atoms with Crippen LogP contribution in [-0.2, 0) is 0 Å². The predicted octanol–water partition coefficient (Wildman–Crippen LogP) is 3.55. The second-order valence-electron chi connectivity index (χ2n) is 6.06. The summed E-state index contributed by atoms with van der Waals surface area (Å²) >= 11 is 5.47. The molecule has 1 aromatic rings. The molecule has 1 amide bonds. The number of hydrogen-bond donors (Lipinski definition) is 2. The topological polar surface area (TPSA) is 41.1 Å². The Balaban J connectivity index is 0.00000242. The summed E-state index contributed by atoms with van der Waals surface area (Å²) in [6.45, 7) is 5.51. The average molecular weight is 353 g/mol. The third-order valence-corrected chi connectivity index (χ3v) is 4.34. The van der Waals surface area contributed by atoms with Crippen LogP contribution in [0.2, 0.25) is 5.02 Å². The van der Waals surface area contributed by atoms with Crippen molar-refractivity contribution in [3.8, 4) is 0 Å². The van der Waals surface area contributed by atoms with Crippen molar-refractivity contribution in [3.63, 3.8) is 0 Å². The van der Waals surface area contributed by atoms with Crippen LogP contribution in [0.4, 0.5) is 8.78 Å². The van der Waals surface area contributed by atoms with Gasteiger partial charge in [-0.3, -0.25) is 4.79 Å². The summed E-state index contributed by atoms with van der Waals surface area (Å²) in [5.74, 6) is -2.26. The maximum absolute atomic E-state index is 13.7. The van der Waals surface area contributed by atoms with Crippen LogP contribution in [0.25, 0.3) is 0 Å². The van der Waals surface area contributed by atoms with Crippen LogP contribution in [0.15, 0.2) is 12.1 Å². The first-order valence-electron chi connectivity index (χ1n) is 6.97. The summed E-state index contributed by atoms with van der Waals surface area (Å²) in [5.41, 5.74) is -0.277. The third-order valence-electron chi connectivity index (χ3n) is 4.05. The summed E-state index contributed by atoms with van der Waals surface area (Å²) in [4.78, 5) is 12.0. The zero-order valence-corrected chi connectivity index (χ0v) is 14.1. The number of benzene rings is 1. The first-order valence-corrected chi connectivity index (χ1v) is 7.35. The molecule has 1 fully saturated rings. The molecular weight excluding hydrogens is 333 g/mol. The lowest BCUT2D eigenvalue weighted by Crippen LogP contribution is -2.52. The lowest BCUT2D eigenvalue weighted by molar-refractivity contribution is 0.0924. The van der Waals surface area contributed by atoms with E-state index >= 15 is 0 Å². The van der Waals surface area contributed by atoms with Gasteiger partial charge in [-0.05, 0) is 36.9 Å². The Labute approximate surface area is 140 Å². The van der Waals surface area contributed by atoms with Crippen molar-refractivity contribution in [2.75, 3.05) is 13.1 Å². The van der Waals surface area contributed by atoms with E-state index < -0.39 is 17.5 Å². The number of hydrogen-bond acceptors (Lipinski definition) is 2. The molecule has 1 unspecified atom stereocenters. The molecule has 2 N–H and O–H groups in total. The number of carbonyl (C=O) groups is 1. The highest BCUT2D eigenvalue weighted by atomic mass is 35.5. The van der Waals surface area contributed by atoms with E-state index in [2.05, 4.69) is 24.5 Å². The minimum absolute atomic E-state index is 0. The zero-order chi connectivity index (χ0) is 15.6. The van der Waals surface area contributed by atoms with Gasteiger partial charge in [0.2, 0.25) is 0 Å². The van der Waals surface area contributed by atoms with Crippen LogP contribution in [-0.4, -0.2) is 25.0 Å². The zero-order valence-electron chi connectivity index (χ0n) is 12.5. The lowest BCUT2D eigenvalue weighted by Gasteiger charge is -2.39. The number of nitrogens with one attached hydrogen (secondary N) is 2. The predicted molar refractivity (Wildman–Crippen MR) is 85.8 cm³/mol. The molecule has 124 valence electrons. The second-order valence-corrected chi connectivity index (χ2v) is 6.46. The van der Waals surface area contributed by atoms with Gasteiger partial charge < -0.3 is 10.6 Å². The molecule has 1 aliphatic rings. The summed E-state index contributed by atoms with van der Waals surface area (Å²) in [5, 5.41) is 5.67. The summed E-state index contributed by atoms with van der Waals surface area (Å²) in [6.07, 6.45) is 2.15. The van der Waals surface area contributed by atoms with Crippen LogP contribution >= 0.6 is 24.0 Å². The quantitative estimate of drug-likeness (QED) is 0.816. The molecular formula is C15H20Cl2F2N2O. The van der Waals surface area contributed by atoms with E-state index in [-0.39, 0.29) is 34.4 Å². The molecule has 0 bridgehead atoms. The van der Waals surface area contributed by atoms with Crippen LogP contribution in [0, 0.1) is 17.0 Å². The number of rotatable bonds is 3. The second kappa shape index (κ2) is 7.57. The molecule has 1 aromatic carbocycles. The van der Waals surface area contributed by atoms with Gasteiger partial charge in [-0.25, -0.2) is 8.78 Å². The monoisotopic (exact) mass is 352 g/mol. The first-order chi connectivity index (χ1) is 9.81. The molecule has 0 radical (unpaired) electrons. The van der Waals surface area contributed by atoms with E-state index in [1.165, 1.54) is 0 Å². The SMILES string of the molecule is CC1(C)CCCNC1CNC(=O)c1cc(F)c(Cl)cc1F.Cl. The summed E-state index contributed by atoms with van der Waals surface area (Å²) < 4.78 is 27.0. The van der Waals surface area contributed by atoms with Crippen molar-refractivity contribution in [2.45, 2.75) is 32.7 Å². The number of amides is 1.